The van der Waals surface area contributed by atoms with Crippen LogP contribution in [0.2, 0.25) is 0 Å². The second-order valence-corrected chi connectivity index (χ2v) is 7.98. The van der Waals surface area contributed by atoms with E-state index in [9.17, 15) is 13.2 Å². The Hall–Kier alpha value is -1.20. The van der Waals surface area contributed by atoms with E-state index in [0.717, 1.165) is 5.56 Å². The topological polar surface area (TPSA) is 60.4 Å². The Labute approximate surface area is 126 Å². The van der Waals surface area contributed by atoms with Crippen LogP contribution in [0.1, 0.15) is 31.2 Å². The van der Waals surface area contributed by atoms with Gasteiger partial charge in [-0.15, -0.1) is 0 Å². The Balaban J connectivity index is 2.14. The maximum Gasteiger partial charge on any atom is 0.147 e. The van der Waals surface area contributed by atoms with Gasteiger partial charge in [0, 0.05) is 25.9 Å². The maximum atomic E-state index is 12.8. The van der Waals surface area contributed by atoms with Crippen LogP contribution < -0.4 is 0 Å². The van der Waals surface area contributed by atoms with Crippen LogP contribution in [-0.2, 0) is 24.8 Å². The highest BCUT2D eigenvalue weighted by molar-refractivity contribution is 7.90. The molecule has 1 aliphatic heterocycles. The molecule has 1 aliphatic rings. The Morgan fingerprint density at radius 2 is 1.81 bits per heavy atom. The SMILES string of the molecule is CS(=O)(=O)CCCC(=O)C1(c2ccccc2)CCOCC1. The normalized spacial score (nSPS) is 18.3. The zero-order valence-corrected chi connectivity index (χ0v) is 13.2. The Kier molecular flexibility index (Phi) is 5.17. The minimum atomic E-state index is -3.01. The molecule has 1 heterocycles. The molecule has 0 spiro atoms. The van der Waals surface area contributed by atoms with Crippen LogP contribution in [0.3, 0.4) is 0 Å². The summed E-state index contributed by atoms with van der Waals surface area (Å²) >= 11 is 0. The van der Waals surface area contributed by atoms with Crippen LogP contribution in [0.5, 0.6) is 0 Å². The summed E-state index contributed by atoms with van der Waals surface area (Å²) < 4.78 is 27.8. The van der Waals surface area contributed by atoms with Gasteiger partial charge in [-0.1, -0.05) is 30.3 Å². The zero-order chi connectivity index (χ0) is 15.3. The molecule has 1 aromatic carbocycles. The number of hydrogen-bond donors (Lipinski definition) is 0. The number of rotatable bonds is 6. The average Bonchev–Trinajstić information content (AvgIpc) is 2.47. The highest BCUT2D eigenvalue weighted by Crippen LogP contribution is 2.37. The number of sulfone groups is 1. The smallest absolute Gasteiger partial charge is 0.147 e. The number of hydrogen-bond acceptors (Lipinski definition) is 4. The lowest BCUT2D eigenvalue weighted by Crippen LogP contribution is -2.41. The molecule has 0 bridgehead atoms. The summed E-state index contributed by atoms with van der Waals surface area (Å²) in [4.78, 5) is 12.8. The van der Waals surface area contributed by atoms with Crippen molar-refractivity contribution in [1.29, 1.82) is 0 Å². The van der Waals surface area contributed by atoms with Gasteiger partial charge in [0.05, 0.1) is 11.2 Å². The van der Waals surface area contributed by atoms with Gasteiger partial charge in [-0.25, -0.2) is 8.42 Å². The molecule has 5 heteroatoms. The molecule has 1 aromatic rings. The van der Waals surface area contributed by atoms with Crippen LogP contribution in [0.15, 0.2) is 30.3 Å². The quantitative estimate of drug-likeness (QED) is 0.807. The van der Waals surface area contributed by atoms with Gasteiger partial charge in [-0.05, 0) is 24.8 Å². The molecular formula is C16H22O4S. The van der Waals surface area contributed by atoms with Crippen LogP contribution in [-0.4, -0.2) is 39.4 Å². The van der Waals surface area contributed by atoms with E-state index in [1.165, 1.54) is 6.26 Å². The highest BCUT2D eigenvalue weighted by atomic mass is 32.2. The minimum Gasteiger partial charge on any atom is -0.381 e. The standard InChI is InChI=1S/C16H22O4S/c1-21(18,19)13-5-8-15(17)16(9-11-20-12-10-16)14-6-3-2-4-7-14/h2-4,6-7H,5,8-13H2,1H3. The summed E-state index contributed by atoms with van der Waals surface area (Å²) in [5.74, 6) is 0.209. The first kappa shape index (κ1) is 16.2. The van der Waals surface area contributed by atoms with Crippen molar-refractivity contribution in [2.45, 2.75) is 31.1 Å². The molecule has 0 aliphatic carbocycles. The van der Waals surface area contributed by atoms with E-state index in [4.69, 9.17) is 4.74 Å². The third-order valence-corrected chi connectivity index (χ3v) is 5.16. The predicted molar refractivity (Wildman–Crippen MR) is 82.1 cm³/mol. The fourth-order valence-corrected chi connectivity index (χ4v) is 3.61. The largest absolute Gasteiger partial charge is 0.381 e. The van der Waals surface area contributed by atoms with E-state index >= 15 is 0 Å². The average molecular weight is 310 g/mol. The first-order valence-corrected chi connectivity index (χ1v) is 9.34. The molecule has 2 rings (SSSR count). The predicted octanol–water partition coefficient (Wildman–Crippen LogP) is 2.13. The van der Waals surface area contributed by atoms with Crippen molar-refractivity contribution in [1.82, 2.24) is 0 Å². The van der Waals surface area contributed by atoms with Crippen molar-refractivity contribution < 1.29 is 17.9 Å². The molecule has 0 amide bonds. The lowest BCUT2D eigenvalue weighted by molar-refractivity contribution is -0.128. The maximum absolute atomic E-state index is 12.8. The molecule has 0 unspecified atom stereocenters. The van der Waals surface area contributed by atoms with E-state index in [0.29, 0.717) is 38.9 Å². The number of ketones is 1. The summed E-state index contributed by atoms with van der Waals surface area (Å²) in [7, 11) is -3.01. The number of carbonyl (C=O) groups is 1. The summed E-state index contributed by atoms with van der Waals surface area (Å²) in [6.45, 7) is 1.15. The van der Waals surface area contributed by atoms with Gasteiger partial charge in [-0.3, -0.25) is 4.79 Å². The highest BCUT2D eigenvalue weighted by Gasteiger charge is 2.40. The van der Waals surface area contributed by atoms with E-state index in [2.05, 4.69) is 0 Å². The molecule has 21 heavy (non-hydrogen) atoms. The lowest BCUT2D eigenvalue weighted by atomic mass is 9.70. The molecule has 116 valence electrons. The van der Waals surface area contributed by atoms with Crippen LogP contribution in [0.25, 0.3) is 0 Å². The monoisotopic (exact) mass is 310 g/mol. The van der Waals surface area contributed by atoms with Crippen molar-refractivity contribution in [2.24, 2.45) is 0 Å². The number of carbonyl (C=O) groups excluding carboxylic acids is 1. The Morgan fingerprint density at radius 1 is 1.19 bits per heavy atom. The molecule has 1 saturated heterocycles. The van der Waals surface area contributed by atoms with Crippen molar-refractivity contribution in [3.8, 4) is 0 Å². The Bertz CT molecular complexity index is 572. The summed E-state index contributed by atoms with van der Waals surface area (Å²) in [6, 6.07) is 9.79. The van der Waals surface area contributed by atoms with Gasteiger partial charge in [0.2, 0.25) is 0 Å². The fourth-order valence-electron chi connectivity index (χ4n) is 2.94. The van der Waals surface area contributed by atoms with Gasteiger partial charge in [0.15, 0.2) is 0 Å². The molecule has 0 radical (unpaired) electrons. The third kappa shape index (κ3) is 4.14. The molecule has 0 saturated carbocycles. The summed E-state index contributed by atoms with van der Waals surface area (Å²) in [6.07, 6.45) is 3.26. The van der Waals surface area contributed by atoms with Gasteiger partial charge >= 0.3 is 0 Å². The fraction of sp³-hybridized carbons (Fsp3) is 0.562. The van der Waals surface area contributed by atoms with Crippen molar-refractivity contribution in [3.63, 3.8) is 0 Å². The summed E-state index contributed by atoms with van der Waals surface area (Å²) in [5, 5.41) is 0. The summed E-state index contributed by atoms with van der Waals surface area (Å²) in [5.41, 5.74) is 0.523. The van der Waals surface area contributed by atoms with Crippen molar-refractivity contribution >= 4 is 15.6 Å². The number of Topliss-reactive ketones (excluding diaryl/α,β-unsaturated/α-hetero) is 1. The van der Waals surface area contributed by atoms with Gasteiger partial charge < -0.3 is 4.74 Å². The molecule has 0 N–H and O–H groups in total. The molecule has 0 atom stereocenters. The van der Waals surface area contributed by atoms with Gasteiger partial charge in [-0.2, -0.15) is 0 Å². The molecule has 4 nitrogen and oxygen atoms in total. The van der Waals surface area contributed by atoms with Crippen molar-refractivity contribution in [3.05, 3.63) is 35.9 Å². The minimum absolute atomic E-state index is 0.0696. The van der Waals surface area contributed by atoms with E-state index in [1.54, 1.807) is 0 Å². The first-order valence-electron chi connectivity index (χ1n) is 7.28. The van der Waals surface area contributed by atoms with Crippen molar-refractivity contribution in [2.75, 3.05) is 25.2 Å². The van der Waals surface area contributed by atoms with E-state index in [-0.39, 0.29) is 11.5 Å². The third-order valence-electron chi connectivity index (χ3n) is 4.13. The van der Waals surface area contributed by atoms with E-state index < -0.39 is 15.3 Å². The second-order valence-electron chi connectivity index (χ2n) is 5.72. The van der Waals surface area contributed by atoms with Crippen LogP contribution in [0, 0.1) is 0 Å². The zero-order valence-electron chi connectivity index (χ0n) is 12.4. The molecule has 1 fully saturated rings. The van der Waals surface area contributed by atoms with Crippen LogP contribution in [0.4, 0.5) is 0 Å². The Morgan fingerprint density at radius 3 is 2.38 bits per heavy atom. The molecule has 0 aromatic heterocycles. The molecular weight excluding hydrogens is 288 g/mol. The number of ether oxygens (including phenoxy) is 1. The van der Waals surface area contributed by atoms with Gasteiger partial charge in [0.1, 0.15) is 15.6 Å². The number of benzene rings is 1. The second kappa shape index (κ2) is 6.71. The van der Waals surface area contributed by atoms with E-state index in [1.807, 2.05) is 30.3 Å². The first-order chi connectivity index (χ1) is 9.94. The van der Waals surface area contributed by atoms with Crippen LogP contribution >= 0.6 is 0 Å². The van der Waals surface area contributed by atoms with Gasteiger partial charge in [0.25, 0.3) is 0 Å². The lowest BCUT2D eigenvalue weighted by Gasteiger charge is -2.36.